The molecule has 4 rings (SSSR count). The lowest BCUT2D eigenvalue weighted by atomic mass is 10.1. The number of carbonyl (C=O) groups excluding carboxylic acids is 1. The monoisotopic (exact) mass is 510 g/mol. The first-order valence-corrected chi connectivity index (χ1v) is 12.9. The average molecular weight is 511 g/mol. The van der Waals surface area contributed by atoms with Crippen LogP contribution in [0.25, 0.3) is 11.0 Å². The van der Waals surface area contributed by atoms with Crippen molar-refractivity contribution in [1.82, 2.24) is 9.55 Å². The molecule has 0 aliphatic carbocycles. The molecular weight excluding hydrogens is 487 g/mol. The van der Waals surface area contributed by atoms with E-state index in [0.29, 0.717) is 17.5 Å². The van der Waals surface area contributed by atoms with Crippen LogP contribution >= 0.6 is 0 Å². The number of aromatic nitrogens is 2. The molecule has 0 amide bonds. The zero-order valence-electron chi connectivity index (χ0n) is 19.6. The van der Waals surface area contributed by atoms with Crippen LogP contribution in [0.3, 0.4) is 0 Å². The van der Waals surface area contributed by atoms with Gasteiger partial charge in [-0.2, -0.15) is 0 Å². The van der Waals surface area contributed by atoms with Gasteiger partial charge in [-0.05, 0) is 60.4 Å². The van der Waals surface area contributed by atoms with Crippen LogP contribution in [0.15, 0.2) is 70.5 Å². The molecule has 10 heteroatoms. The van der Waals surface area contributed by atoms with Gasteiger partial charge in [0.15, 0.2) is 21.2 Å². The van der Waals surface area contributed by atoms with Crippen LogP contribution in [0.4, 0.5) is 4.39 Å². The summed E-state index contributed by atoms with van der Waals surface area (Å²) in [6, 6.07) is 13.6. The van der Waals surface area contributed by atoms with E-state index >= 15 is 0 Å². The van der Waals surface area contributed by atoms with E-state index in [9.17, 15) is 27.5 Å². The molecule has 0 atom stereocenters. The first-order valence-electron chi connectivity index (χ1n) is 11.0. The standard InChI is InChI=1S/C26H23FN2O6S/c1-3-35-26(32)22-24(30)23-21(13-18(14-28-23)12-16-4-8-19(27)9-5-16)29(25(22)31)15-17-6-10-20(11-7-17)36(2,33)34/h4-11,13-14,30H,3,12,15H2,1-2H3. The van der Waals surface area contributed by atoms with Crippen molar-refractivity contribution in [2.24, 2.45) is 0 Å². The van der Waals surface area contributed by atoms with Gasteiger partial charge in [0.05, 0.1) is 23.6 Å². The zero-order chi connectivity index (χ0) is 26.0. The number of hydrogen-bond donors (Lipinski definition) is 1. The lowest BCUT2D eigenvalue weighted by molar-refractivity contribution is 0.0520. The summed E-state index contributed by atoms with van der Waals surface area (Å²) in [6.07, 6.45) is 3.00. The van der Waals surface area contributed by atoms with Gasteiger partial charge < -0.3 is 14.4 Å². The van der Waals surface area contributed by atoms with E-state index in [4.69, 9.17) is 4.74 Å². The molecule has 1 N–H and O–H groups in total. The van der Waals surface area contributed by atoms with Crippen molar-refractivity contribution in [3.8, 4) is 5.75 Å². The maximum absolute atomic E-state index is 13.4. The predicted octanol–water partition coefficient (Wildman–Crippen LogP) is 3.46. The Hall–Kier alpha value is -4.05. The van der Waals surface area contributed by atoms with Crippen LogP contribution in [0.5, 0.6) is 5.75 Å². The van der Waals surface area contributed by atoms with Gasteiger partial charge in [0.2, 0.25) is 0 Å². The van der Waals surface area contributed by atoms with E-state index in [2.05, 4.69) is 4.98 Å². The van der Waals surface area contributed by atoms with E-state index in [-0.39, 0.29) is 34.9 Å². The van der Waals surface area contributed by atoms with Gasteiger partial charge in [-0.1, -0.05) is 24.3 Å². The number of aromatic hydroxyl groups is 1. The third-order valence-corrected chi connectivity index (χ3v) is 6.76. The lowest BCUT2D eigenvalue weighted by Crippen LogP contribution is -2.28. The summed E-state index contributed by atoms with van der Waals surface area (Å²) in [4.78, 5) is 30.3. The lowest BCUT2D eigenvalue weighted by Gasteiger charge is -2.15. The van der Waals surface area contributed by atoms with Crippen molar-refractivity contribution in [3.05, 3.63) is 99.2 Å². The second-order valence-corrected chi connectivity index (χ2v) is 10.3. The molecule has 0 spiro atoms. The molecular formula is C26H23FN2O6S. The van der Waals surface area contributed by atoms with Gasteiger partial charge in [0, 0.05) is 12.5 Å². The molecule has 0 aliphatic rings. The third kappa shape index (κ3) is 5.13. The quantitative estimate of drug-likeness (QED) is 0.379. The number of hydrogen-bond acceptors (Lipinski definition) is 7. The first kappa shape index (κ1) is 25.1. The summed E-state index contributed by atoms with van der Waals surface area (Å²) in [5.74, 6) is -1.91. The maximum atomic E-state index is 13.4. The molecule has 36 heavy (non-hydrogen) atoms. The van der Waals surface area contributed by atoms with Crippen LogP contribution in [0.1, 0.15) is 34.0 Å². The summed E-state index contributed by atoms with van der Waals surface area (Å²) < 4.78 is 43.1. The number of ether oxygens (including phenoxy) is 1. The summed E-state index contributed by atoms with van der Waals surface area (Å²) in [5.41, 5.74) is 1.11. The number of nitrogens with zero attached hydrogens (tertiary/aromatic N) is 2. The van der Waals surface area contributed by atoms with E-state index < -0.39 is 32.7 Å². The predicted molar refractivity (Wildman–Crippen MR) is 131 cm³/mol. The van der Waals surface area contributed by atoms with Crippen LogP contribution in [-0.4, -0.2) is 41.9 Å². The van der Waals surface area contributed by atoms with Crippen LogP contribution in [-0.2, 0) is 27.5 Å². The van der Waals surface area contributed by atoms with Crippen LogP contribution < -0.4 is 5.56 Å². The number of rotatable bonds is 7. The highest BCUT2D eigenvalue weighted by Gasteiger charge is 2.24. The van der Waals surface area contributed by atoms with Crippen molar-refractivity contribution in [2.75, 3.05) is 12.9 Å². The fraction of sp³-hybridized carbons (Fsp3) is 0.192. The Morgan fingerprint density at radius 3 is 2.31 bits per heavy atom. The van der Waals surface area contributed by atoms with Crippen molar-refractivity contribution in [2.45, 2.75) is 24.8 Å². The Bertz CT molecular complexity index is 1610. The van der Waals surface area contributed by atoms with Gasteiger partial charge in [0.1, 0.15) is 11.3 Å². The molecule has 0 bridgehead atoms. The molecule has 186 valence electrons. The SMILES string of the molecule is CCOC(=O)c1c(O)c2ncc(Cc3ccc(F)cc3)cc2n(Cc2ccc(S(C)(=O)=O)cc2)c1=O. The Morgan fingerprint density at radius 2 is 1.69 bits per heavy atom. The normalized spacial score (nSPS) is 11.5. The number of halogens is 1. The molecule has 0 fully saturated rings. The van der Waals surface area contributed by atoms with Gasteiger partial charge in [-0.25, -0.2) is 17.6 Å². The number of esters is 1. The smallest absolute Gasteiger partial charge is 0.347 e. The van der Waals surface area contributed by atoms with Gasteiger partial charge in [-0.3, -0.25) is 9.78 Å². The van der Waals surface area contributed by atoms with Crippen LogP contribution in [0.2, 0.25) is 0 Å². The molecule has 2 heterocycles. The van der Waals surface area contributed by atoms with E-state index in [0.717, 1.165) is 11.8 Å². The first-order chi connectivity index (χ1) is 17.1. The van der Waals surface area contributed by atoms with Crippen molar-refractivity contribution in [1.29, 1.82) is 0 Å². The number of benzene rings is 2. The highest BCUT2D eigenvalue weighted by Crippen LogP contribution is 2.27. The number of sulfone groups is 1. The van der Waals surface area contributed by atoms with E-state index in [1.54, 1.807) is 37.3 Å². The summed E-state index contributed by atoms with van der Waals surface area (Å²) in [5, 5.41) is 10.8. The molecule has 0 aliphatic heterocycles. The van der Waals surface area contributed by atoms with Gasteiger partial charge in [0.25, 0.3) is 5.56 Å². The number of pyridine rings is 2. The summed E-state index contributed by atoms with van der Waals surface area (Å²) >= 11 is 0. The Balaban J connectivity index is 1.86. The second kappa shape index (κ2) is 9.90. The van der Waals surface area contributed by atoms with Crippen molar-refractivity contribution < 1.29 is 27.4 Å². The minimum atomic E-state index is -3.40. The zero-order valence-corrected chi connectivity index (χ0v) is 20.4. The fourth-order valence-electron chi connectivity index (χ4n) is 3.85. The highest BCUT2D eigenvalue weighted by molar-refractivity contribution is 7.90. The summed E-state index contributed by atoms with van der Waals surface area (Å²) in [7, 11) is -3.40. The minimum absolute atomic E-state index is 0.00669. The Labute approximate surface area is 206 Å². The Kier molecular flexibility index (Phi) is 6.89. The van der Waals surface area contributed by atoms with E-state index in [1.165, 1.54) is 35.0 Å². The maximum Gasteiger partial charge on any atom is 0.347 e. The molecule has 0 radical (unpaired) electrons. The van der Waals surface area contributed by atoms with Crippen LogP contribution in [0, 0.1) is 5.82 Å². The molecule has 2 aromatic heterocycles. The number of carbonyl (C=O) groups is 1. The van der Waals surface area contributed by atoms with E-state index in [1.807, 2.05) is 0 Å². The van der Waals surface area contributed by atoms with Gasteiger partial charge in [-0.15, -0.1) is 0 Å². The largest absolute Gasteiger partial charge is 0.505 e. The molecule has 0 unspecified atom stereocenters. The Morgan fingerprint density at radius 1 is 1.06 bits per heavy atom. The molecule has 4 aromatic rings. The third-order valence-electron chi connectivity index (χ3n) is 5.63. The molecule has 8 nitrogen and oxygen atoms in total. The molecule has 0 saturated heterocycles. The molecule has 0 saturated carbocycles. The minimum Gasteiger partial charge on any atom is -0.505 e. The van der Waals surface area contributed by atoms with Crippen molar-refractivity contribution in [3.63, 3.8) is 0 Å². The second-order valence-electron chi connectivity index (χ2n) is 8.27. The summed E-state index contributed by atoms with van der Waals surface area (Å²) in [6.45, 7) is 1.57. The van der Waals surface area contributed by atoms with Gasteiger partial charge >= 0.3 is 5.97 Å². The topological polar surface area (TPSA) is 116 Å². The fourth-order valence-corrected chi connectivity index (χ4v) is 4.48. The highest BCUT2D eigenvalue weighted by atomic mass is 32.2. The number of fused-ring (bicyclic) bond motifs is 1. The van der Waals surface area contributed by atoms with Crippen molar-refractivity contribution >= 4 is 26.8 Å². The molecule has 2 aromatic carbocycles. The average Bonchev–Trinajstić information content (AvgIpc) is 2.83.